The largest absolute Gasteiger partial charge is 0.355 e. The lowest BCUT2D eigenvalue weighted by atomic mass is 10.1. The average Bonchev–Trinajstić information content (AvgIpc) is 2.72. The van der Waals surface area contributed by atoms with Crippen LogP contribution in [0.2, 0.25) is 0 Å². The van der Waals surface area contributed by atoms with E-state index in [0.717, 1.165) is 26.1 Å². The van der Waals surface area contributed by atoms with Gasteiger partial charge in [-0.2, -0.15) is 0 Å². The molecule has 0 aromatic carbocycles. The van der Waals surface area contributed by atoms with E-state index in [9.17, 15) is 4.79 Å². The normalized spacial score (nSPS) is 24.1. The van der Waals surface area contributed by atoms with E-state index in [1.54, 1.807) is 0 Å². The molecule has 0 spiro atoms. The van der Waals surface area contributed by atoms with Crippen molar-refractivity contribution in [1.29, 1.82) is 0 Å². The molecule has 1 saturated heterocycles. The molecule has 0 radical (unpaired) electrons. The van der Waals surface area contributed by atoms with Gasteiger partial charge in [0.2, 0.25) is 5.91 Å². The van der Waals surface area contributed by atoms with Gasteiger partial charge >= 0.3 is 0 Å². The van der Waals surface area contributed by atoms with E-state index in [1.165, 1.54) is 13.0 Å². The summed E-state index contributed by atoms with van der Waals surface area (Å²) >= 11 is 3.35. The first kappa shape index (κ1) is 13.0. The first-order chi connectivity index (χ1) is 7.17. The second kappa shape index (κ2) is 6.48. The van der Waals surface area contributed by atoms with E-state index in [4.69, 9.17) is 0 Å². The molecule has 88 valence electrons. The van der Waals surface area contributed by atoms with Gasteiger partial charge in [-0.25, -0.2) is 0 Å². The fourth-order valence-electron chi connectivity index (χ4n) is 1.91. The van der Waals surface area contributed by atoms with Crippen molar-refractivity contribution in [3.05, 3.63) is 0 Å². The molecule has 0 aromatic rings. The van der Waals surface area contributed by atoms with Crippen molar-refractivity contribution >= 4 is 21.8 Å². The maximum absolute atomic E-state index is 11.5. The zero-order valence-electron chi connectivity index (χ0n) is 9.63. The topological polar surface area (TPSA) is 32.3 Å². The fraction of sp³-hybridized carbons (Fsp3) is 0.909. The van der Waals surface area contributed by atoms with Gasteiger partial charge in [0.25, 0.3) is 0 Å². The summed E-state index contributed by atoms with van der Waals surface area (Å²) in [5.41, 5.74) is 0. The van der Waals surface area contributed by atoms with Crippen LogP contribution in [-0.2, 0) is 4.79 Å². The van der Waals surface area contributed by atoms with E-state index in [1.807, 2.05) is 6.92 Å². The number of halogens is 1. The molecule has 1 amide bonds. The quantitative estimate of drug-likeness (QED) is 0.774. The second-order valence-corrected chi connectivity index (χ2v) is 5.27. The molecule has 1 fully saturated rings. The van der Waals surface area contributed by atoms with Crippen LogP contribution >= 0.6 is 15.9 Å². The number of alkyl halides is 1. The van der Waals surface area contributed by atoms with Gasteiger partial charge in [-0.15, -0.1) is 0 Å². The molecule has 1 rings (SSSR count). The third kappa shape index (κ3) is 4.11. The van der Waals surface area contributed by atoms with E-state index >= 15 is 0 Å². The molecule has 0 bridgehead atoms. The Morgan fingerprint density at radius 2 is 2.33 bits per heavy atom. The smallest absolute Gasteiger partial charge is 0.233 e. The Balaban J connectivity index is 2.18. The minimum atomic E-state index is -0.0267. The van der Waals surface area contributed by atoms with Crippen molar-refractivity contribution < 1.29 is 4.79 Å². The number of carbonyl (C=O) groups excluding carboxylic acids is 1. The number of likely N-dealkylation sites (tertiary alicyclic amines) is 1. The lowest BCUT2D eigenvalue weighted by Crippen LogP contribution is -2.35. The minimum absolute atomic E-state index is 0.0267. The summed E-state index contributed by atoms with van der Waals surface area (Å²) in [5.74, 6) is 0.776. The molecule has 2 unspecified atom stereocenters. The van der Waals surface area contributed by atoms with Crippen molar-refractivity contribution in [3.8, 4) is 0 Å². The van der Waals surface area contributed by atoms with Crippen molar-refractivity contribution in [3.63, 3.8) is 0 Å². The second-order valence-electron chi connectivity index (χ2n) is 4.17. The molecular weight excluding hydrogens is 256 g/mol. The summed E-state index contributed by atoms with van der Waals surface area (Å²) in [6, 6.07) is 0. The molecule has 1 N–H and O–H groups in total. The Bertz CT molecular complexity index is 211. The monoisotopic (exact) mass is 276 g/mol. The van der Waals surface area contributed by atoms with E-state index in [2.05, 4.69) is 33.1 Å². The third-order valence-corrected chi connectivity index (χ3v) is 4.09. The minimum Gasteiger partial charge on any atom is -0.355 e. The van der Waals surface area contributed by atoms with E-state index in [0.29, 0.717) is 5.92 Å². The molecule has 3 nitrogen and oxygen atoms in total. The zero-order chi connectivity index (χ0) is 11.3. The highest BCUT2D eigenvalue weighted by atomic mass is 79.9. The highest BCUT2D eigenvalue weighted by Gasteiger charge is 2.22. The van der Waals surface area contributed by atoms with Crippen LogP contribution in [0.3, 0.4) is 0 Å². The van der Waals surface area contributed by atoms with Crippen LogP contribution in [0.1, 0.15) is 26.7 Å². The first-order valence-electron chi connectivity index (χ1n) is 5.81. The van der Waals surface area contributed by atoms with Gasteiger partial charge in [0.05, 0.1) is 4.83 Å². The van der Waals surface area contributed by atoms with Crippen molar-refractivity contribution in [2.75, 3.05) is 26.2 Å². The van der Waals surface area contributed by atoms with Crippen LogP contribution in [0.5, 0.6) is 0 Å². The first-order valence-corrected chi connectivity index (χ1v) is 6.73. The highest BCUT2D eigenvalue weighted by molar-refractivity contribution is 9.10. The molecule has 0 aromatic heterocycles. The van der Waals surface area contributed by atoms with Gasteiger partial charge in [0, 0.05) is 13.1 Å². The van der Waals surface area contributed by atoms with Crippen LogP contribution < -0.4 is 5.32 Å². The Kier molecular flexibility index (Phi) is 5.61. The summed E-state index contributed by atoms with van der Waals surface area (Å²) < 4.78 is 0. The molecule has 0 saturated carbocycles. The van der Waals surface area contributed by atoms with Crippen LogP contribution in [0.15, 0.2) is 0 Å². The Morgan fingerprint density at radius 1 is 1.60 bits per heavy atom. The van der Waals surface area contributed by atoms with Gasteiger partial charge in [0.1, 0.15) is 0 Å². The van der Waals surface area contributed by atoms with Gasteiger partial charge in [-0.1, -0.05) is 29.8 Å². The number of amides is 1. The Hall–Kier alpha value is -0.0900. The number of hydrogen-bond acceptors (Lipinski definition) is 2. The molecular formula is C11H21BrN2O. The molecule has 1 heterocycles. The SMILES string of the molecule is CCC(Br)C(=O)NCC1CCN(CC)C1. The molecule has 0 aliphatic carbocycles. The Morgan fingerprint density at radius 3 is 2.87 bits per heavy atom. The summed E-state index contributed by atoms with van der Waals surface area (Å²) in [6.07, 6.45) is 2.06. The molecule has 4 heteroatoms. The van der Waals surface area contributed by atoms with Crippen molar-refractivity contribution in [2.24, 2.45) is 5.92 Å². The fourth-order valence-corrected chi connectivity index (χ4v) is 2.07. The molecule has 1 aliphatic rings. The standard InChI is InChI=1S/C11H21BrN2O/c1-3-10(12)11(15)13-7-9-5-6-14(4-2)8-9/h9-10H,3-8H2,1-2H3,(H,13,15). The number of hydrogen-bond donors (Lipinski definition) is 1. The van der Waals surface area contributed by atoms with Crippen LogP contribution in [0.25, 0.3) is 0 Å². The van der Waals surface area contributed by atoms with Gasteiger partial charge in [-0.05, 0) is 31.8 Å². The number of carbonyl (C=O) groups is 1. The lowest BCUT2D eigenvalue weighted by molar-refractivity contribution is -0.120. The maximum Gasteiger partial charge on any atom is 0.233 e. The maximum atomic E-state index is 11.5. The van der Waals surface area contributed by atoms with Gasteiger partial charge in [-0.3, -0.25) is 4.79 Å². The third-order valence-electron chi connectivity index (χ3n) is 3.03. The van der Waals surface area contributed by atoms with E-state index < -0.39 is 0 Å². The summed E-state index contributed by atoms with van der Waals surface area (Å²) in [5, 5.41) is 3.01. The van der Waals surface area contributed by atoms with E-state index in [-0.39, 0.29) is 10.7 Å². The van der Waals surface area contributed by atoms with Crippen molar-refractivity contribution in [1.82, 2.24) is 10.2 Å². The molecule has 2 atom stereocenters. The van der Waals surface area contributed by atoms with Gasteiger partial charge < -0.3 is 10.2 Å². The summed E-state index contributed by atoms with van der Waals surface area (Å²) in [7, 11) is 0. The Labute approximate surface area is 101 Å². The molecule has 15 heavy (non-hydrogen) atoms. The van der Waals surface area contributed by atoms with Crippen LogP contribution in [-0.4, -0.2) is 41.8 Å². The van der Waals surface area contributed by atoms with Gasteiger partial charge in [0.15, 0.2) is 0 Å². The highest BCUT2D eigenvalue weighted by Crippen LogP contribution is 2.14. The predicted octanol–water partition coefficient (Wildman–Crippen LogP) is 1.62. The van der Waals surface area contributed by atoms with Crippen LogP contribution in [0, 0.1) is 5.92 Å². The lowest BCUT2D eigenvalue weighted by Gasteiger charge is -2.14. The zero-order valence-corrected chi connectivity index (χ0v) is 11.2. The average molecular weight is 277 g/mol. The predicted molar refractivity (Wildman–Crippen MR) is 66.2 cm³/mol. The molecule has 1 aliphatic heterocycles. The van der Waals surface area contributed by atoms with Crippen molar-refractivity contribution in [2.45, 2.75) is 31.5 Å². The summed E-state index contributed by atoms with van der Waals surface area (Å²) in [6.45, 7) is 8.47. The number of rotatable bonds is 5. The summed E-state index contributed by atoms with van der Waals surface area (Å²) in [4.78, 5) is 13.9. The number of nitrogens with zero attached hydrogens (tertiary/aromatic N) is 1. The number of nitrogens with one attached hydrogen (secondary N) is 1. The van der Waals surface area contributed by atoms with Crippen LogP contribution in [0.4, 0.5) is 0 Å².